The van der Waals surface area contributed by atoms with Gasteiger partial charge >= 0.3 is 6.18 Å². The first-order valence-electron chi connectivity index (χ1n) is 10.8. The van der Waals surface area contributed by atoms with Gasteiger partial charge in [-0.25, -0.2) is 10.1 Å². The molecule has 196 valence electrons. The van der Waals surface area contributed by atoms with E-state index in [1.807, 2.05) is 48.5 Å². The molecule has 4 aromatic rings. The summed E-state index contributed by atoms with van der Waals surface area (Å²) in [6, 6.07) is 19.2. The van der Waals surface area contributed by atoms with E-state index in [1.165, 1.54) is 6.21 Å². The summed E-state index contributed by atoms with van der Waals surface area (Å²) in [5, 5.41) is 14.4. The number of aromatic nitrogens is 3. The first-order valence-corrected chi connectivity index (χ1v) is 12.2. The van der Waals surface area contributed by atoms with Gasteiger partial charge in [-0.1, -0.05) is 53.7 Å². The van der Waals surface area contributed by atoms with E-state index < -0.39 is 17.6 Å². The summed E-state index contributed by atoms with van der Waals surface area (Å²) in [5.41, 5.74) is 2.32. The lowest BCUT2D eigenvalue weighted by atomic mass is 10.2. The van der Waals surface area contributed by atoms with Crippen molar-refractivity contribution in [2.45, 2.75) is 11.3 Å². The fourth-order valence-corrected chi connectivity index (χ4v) is 3.83. The summed E-state index contributed by atoms with van der Waals surface area (Å²) >= 11 is 6.83. The Bertz CT molecular complexity index is 1450. The van der Waals surface area contributed by atoms with Gasteiger partial charge in [0, 0.05) is 0 Å². The van der Waals surface area contributed by atoms with Gasteiger partial charge in [-0.2, -0.15) is 18.3 Å². The normalized spacial score (nSPS) is 11.5. The number of carbonyl (C=O) groups excluding carboxylic acids is 1. The van der Waals surface area contributed by atoms with Crippen LogP contribution in [-0.2, 0) is 11.0 Å². The zero-order valence-corrected chi connectivity index (χ0v) is 20.9. The van der Waals surface area contributed by atoms with Crippen LogP contribution in [0, 0.1) is 0 Å². The van der Waals surface area contributed by atoms with E-state index in [4.69, 9.17) is 22.2 Å². The molecule has 0 saturated carbocycles. The van der Waals surface area contributed by atoms with Crippen molar-refractivity contribution in [2.24, 2.45) is 5.10 Å². The molecule has 1 amide bonds. The predicted octanol–water partition coefficient (Wildman–Crippen LogP) is 5.63. The molecule has 0 bridgehead atoms. The highest BCUT2D eigenvalue weighted by molar-refractivity contribution is 7.99. The summed E-state index contributed by atoms with van der Waals surface area (Å²) in [6.07, 6.45) is -3.04. The highest BCUT2D eigenvalue weighted by Gasteiger charge is 2.31. The number of thioether (sulfide) groups is 1. The summed E-state index contributed by atoms with van der Waals surface area (Å²) in [7, 11) is 0. The number of nitrogens with zero attached hydrogens (tertiary/aromatic N) is 4. The number of nitrogen functional groups attached to an aromatic ring is 1. The van der Waals surface area contributed by atoms with Crippen molar-refractivity contribution in [3.05, 3.63) is 88.9 Å². The zero-order chi connectivity index (χ0) is 27.1. The number of hydrogen-bond acceptors (Lipinski definition) is 8. The number of amides is 1. The molecule has 0 aliphatic rings. The molecule has 0 radical (unpaired) electrons. The maximum absolute atomic E-state index is 12.9. The molecule has 9 nitrogen and oxygen atoms in total. The molecule has 1 aromatic heterocycles. The number of alkyl halides is 3. The molecular formula is C24H19ClF3N7O2S. The number of para-hydroxylation sites is 1. The number of hydrazone groups is 1. The number of anilines is 2. The number of benzene rings is 3. The first-order chi connectivity index (χ1) is 18.2. The third-order valence-corrected chi connectivity index (χ3v) is 6.05. The molecule has 0 saturated heterocycles. The Morgan fingerprint density at radius 2 is 1.84 bits per heavy atom. The molecule has 4 N–H and O–H groups in total. The average molecular weight is 562 g/mol. The van der Waals surface area contributed by atoms with Crippen molar-refractivity contribution >= 4 is 47.1 Å². The summed E-state index contributed by atoms with van der Waals surface area (Å²) < 4.78 is 45.7. The van der Waals surface area contributed by atoms with Gasteiger partial charge in [-0.3, -0.25) is 4.79 Å². The quantitative estimate of drug-likeness (QED) is 0.105. The van der Waals surface area contributed by atoms with E-state index >= 15 is 0 Å². The molecule has 14 heteroatoms. The Morgan fingerprint density at radius 1 is 1.08 bits per heavy atom. The average Bonchev–Trinajstić information content (AvgIpc) is 3.23. The van der Waals surface area contributed by atoms with Crippen LogP contribution in [-0.4, -0.2) is 32.7 Å². The number of carbonyl (C=O) groups is 1. The van der Waals surface area contributed by atoms with Crippen molar-refractivity contribution in [1.82, 2.24) is 14.9 Å². The van der Waals surface area contributed by atoms with Crippen LogP contribution in [0.25, 0.3) is 0 Å². The molecule has 38 heavy (non-hydrogen) atoms. The van der Waals surface area contributed by atoms with Crippen molar-refractivity contribution in [1.29, 1.82) is 0 Å². The number of rotatable bonds is 9. The fraction of sp³-hybridized carbons (Fsp3) is 0.0833. The monoisotopic (exact) mass is 561 g/mol. The Morgan fingerprint density at radius 3 is 2.61 bits per heavy atom. The van der Waals surface area contributed by atoms with E-state index in [0.717, 1.165) is 40.2 Å². The van der Waals surface area contributed by atoms with Crippen molar-refractivity contribution < 1.29 is 22.7 Å². The maximum atomic E-state index is 12.9. The van der Waals surface area contributed by atoms with Crippen molar-refractivity contribution in [2.75, 3.05) is 22.3 Å². The smallest absolute Gasteiger partial charge is 0.416 e. The van der Waals surface area contributed by atoms with Crippen LogP contribution in [0.3, 0.4) is 0 Å². The minimum atomic E-state index is -4.57. The lowest BCUT2D eigenvalue weighted by Crippen LogP contribution is -2.17. The lowest BCUT2D eigenvalue weighted by Gasteiger charge is -2.11. The topological polar surface area (TPSA) is 119 Å². The van der Waals surface area contributed by atoms with Gasteiger partial charge in [0.1, 0.15) is 11.5 Å². The molecular weight excluding hydrogens is 543 g/mol. The number of ether oxygens (including phenoxy) is 1. The Balaban J connectivity index is 1.31. The summed E-state index contributed by atoms with van der Waals surface area (Å²) in [6.45, 7) is 0. The van der Waals surface area contributed by atoms with Crippen LogP contribution in [0.2, 0.25) is 5.02 Å². The largest absolute Gasteiger partial charge is 0.457 e. The second-order valence-corrected chi connectivity index (χ2v) is 8.91. The summed E-state index contributed by atoms with van der Waals surface area (Å²) in [4.78, 5) is 12.3. The lowest BCUT2D eigenvalue weighted by molar-refractivity contribution is -0.137. The molecule has 0 spiro atoms. The fourth-order valence-electron chi connectivity index (χ4n) is 3.01. The van der Waals surface area contributed by atoms with E-state index in [9.17, 15) is 18.0 Å². The second kappa shape index (κ2) is 11.9. The van der Waals surface area contributed by atoms with Crippen LogP contribution in [0.4, 0.5) is 24.8 Å². The molecule has 4 rings (SSSR count). The zero-order valence-electron chi connectivity index (χ0n) is 19.3. The van der Waals surface area contributed by atoms with Gasteiger partial charge < -0.3 is 15.9 Å². The van der Waals surface area contributed by atoms with E-state index in [-0.39, 0.29) is 27.6 Å². The molecule has 3 aromatic carbocycles. The molecule has 1 heterocycles. The SMILES string of the molecule is Nn1c(N/N=C/c2cccc(Oc3ccccc3)c2)nnc1SCC(=O)Nc1cc(C(F)(F)F)ccc1Cl. The van der Waals surface area contributed by atoms with Crippen LogP contribution in [0.15, 0.2) is 83.1 Å². The van der Waals surface area contributed by atoms with Gasteiger partial charge in [-0.15, -0.1) is 10.2 Å². The first kappa shape index (κ1) is 26.8. The highest BCUT2D eigenvalue weighted by atomic mass is 35.5. The Kier molecular flexibility index (Phi) is 8.38. The van der Waals surface area contributed by atoms with Crippen LogP contribution >= 0.6 is 23.4 Å². The third-order valence-electron chi connectivity index (χ3n) is 4.78. The van der Waals surface area contributed by atoms with Crippen LogP contribution < -0.4 is 21.3 Å². The van der Waals surface area contributed by atoms with Gasteiger partial charge in [0.05, 0.1) is 28.2 Å². The number of nitrogens with two attached hydrogens (primary N) is 1. The molecule has 0 atom stereocenters. The van der Waals surface area contributed by atoms with E-state index in [2.05, 4.69) is 26.0 Å². The van der Waals surface area contributed by atoms with Crippen LogP contribution in [0.1, 0.15) is 11.1 Å². The van der Waals surface area contributed by atoms with Crippen LogP contribution in [0.5, 0.6) is 11.5 Å². The van der Waals surface area contributed by atoms with Gasteiger partial charge in [-0.05, 0) is 48.0 Å². The molecule has 0 aliphatic carbocycles. The Labute approximate surface area is 223 Å². The minimum absolute atomic E-state index is 0.0279. The summed E-state index contributed by atoms with van der Waals surface area (Å²) in [5.74, 6) is 6.57. The van der Waals surface area contributed by atoms with Gasteiger partial charge in [0.25, 0.3) is 5.95 Å². The van der Waals surface area contributed by atoms with Gasteiger partial charge in [0.2, 0.25) is 11.1 Å². The minimum Gasteiger partial charge on any atom is -0.457 e. The van der Waals surface area contributed by atoms with Crippen molar-refractivity contribution in [3.63, 3.8) is 0 Å². The number of hydrogen-bond donors (Lipinski definition) is 3. The predicted molar refractivity (Wildman–Crippen MR) is 140 cm³/mol. The third kappa shape index (κ3) is 7.17. The molecule has 0 unspecified atom stereocenters. The van der Waals surface area contributed by atoms with E-state index in [1.54, 1.807) is 6.07 Å². The molecule has 0 fully saturated rings. The second-order valence-electron chi connectivity index (χ2n) is 7.56. The standard InChI is InChI=1S/C24H19ClF3N7O2S/c25-19-10-9-16(24(26,27)28)12-20(19)31-21(36)14-38-23-34-33-22(35(23)29)32-30-13-15-5-4-8-18(11-15)37-17-6-2-1-3-7-17/h1-13H,14,29H2,(H,31,36)(H,32,33)/b30-13+. The highest BCUT2D eigenvalue weighted by Crippen LogP contribution is 2.34. The number of halogens is 4. The van der Waals surface area contributed by atoms with E-state index in [0.29, 0.717) is 11.5 Å². The molecule has 0 aliphatic heterocycles. The van der Waals surface area contributed by atoms with Crippen molar-refractivity contribution in [3.8, 4) is 11.5 Å². The Hall–Kier alpha value is -4.23. The number of nitrogens with one attached hydrogen (secondary N) is 2. The van der Waals surface area contributed by atoms with Gasteiger partial charge in [0.15, 0.2) is 0 Å². The maximum Gasteiger partial charge on any atom is 0.416 e.